The highest BCUT2D eigenvalue weighted by Crippen LogP contribution is 2.35. The Hall–Kier alpha value is -3.86. The van der Waals surface area contributed by atoms with Crippen LogP contribution in [0.15, 0.2) is 59.0 Å². The molecular formula is C26H27F3N4O4. The van der Waals surface area contributed by atoms with Crippen molar-refractivity contribution >= 4 is 23.3 Å². The van der Waals surface area contributed by atoms with Gasteiger partial charge < -0.3 is 24.6 Å². The minimum absolute atomic E-state index is 0.153. The molecule has 0 unspecified atom stereocenters. The average molecular weight is 517 g/mol. The van der Waals surface area contributed by atoms with Crippen LogP contribution >= 0.6 is 0 Å². The zero-order valence-electron chi connectivity index (χ0n) is 20.0. The quantitative estimate of drug-likeness (QED) is 0.435. The molecule has 196 valence electrons. The van der Waals surface area contributed by atoms with E-state index in [-0.39, 0.29) is 12.3 Å². The topological polar surface area (TPSA) is 98.9 Å². The first-order valence-electron chi connectivity index (χ1n) is 11.9. The van der Waals surface area contributed by atoms with Gasteiger partial charge in [0.05, 0.1) is 0 Å². The van der Waals surface area contributed by atoms with Crippen molar-refractivity contribution in [3.05, 3.63) is 66.1 Å². The van der Waals surface area contributed by atoms with Crippen molar-refractivity contribution in [3.63, 3.8) is 0 Å². The van der Waals surface area contributed by atoms with E-state index in [1.165, 1.54) is 0 Å². The molecule has 0 radical (unpaired) electrons. The van der Waals surface area contributed by atoms with Crippen molar-refractivity contribution in [3.8, 4) is 11.5 Å². The number of benzene rings is 2. The van der Waals surface area contributed by atoms with Crippen molar-refractivity contribution in [2.75, 3.05) is 42.9 Å². The number of hydrogen-bond acceptors (Lipinski definition) is 6. The van der Waals surface area contributed by atoms with Gasteiger partial charge >= 0.3 is 12.1 Å². The summed E-state index contributed by atoms with van der Waals surface area (Å²) >= 11 is 0. The number of carboxylic acids is 1. The molecule has 2 aromatic carbocycles. The van der Waals surface area contributed by atoms with E-state index in [9.17, 15) is 22.8 Å². The summed E-state index contributed by atoms with van der Waals surface area (Å²) in [4.78, 5) is 31.7. The number of nitrogens with one attached hydrogen (secondary N) is 1. The third-order valence-corrected chi connectivity index (χ3v) is 6.06. The lowest BCUT2D eigenvalue weighted by Crippen LogP contribution is -2.31. The monoisotopic (exact) mass is 516 g/mol. The van der Waals surface area contributed by atoms with E-state index in [1.54, 1.807) is 54.6 Å². The van der Waals surface area contributed by atoms with E-state index in [2.05, 4.69) is 20.1 Å². The molecule has 4 rings (SSSR count). The van der Waals surface area contributed by atoms with Gasteiger partial charge in [0.15, 0.2) is 5.69 Å². The van der Waals surface area contributed by atoms with E-state index >= 15 is 0 Å². The first kappa shape index (κ1) is 26.2. The van der Waals surface area contributed by atoms with Crippen LogP contribution in [0.3, 0.4) is 0 Å². The largest absolute Gasteiger partial charge is 0.481 e. The number of hydrogen-bond donors (Lipinski definition) is 2. The van der Waals surface area contributed by atoms with E-state index < -0.39 is 29.5 Å². The lowest BCUT2D eigenvalue weighted by Gasteiger charge is -2.24. The molecule has 37 heavy (non-hydrogen) atoms. The molecule has 0 aliphatic carbocycles. The Labute approximate surface area is 211 Å². The number of aliphatic carboxylic acids is 1. The van der Waals surface area contributed by atoms with Crippen LogP contribution in [0.4, 0.5) is 24.5 Å². The highest BCUT2D eigenvalue weighted by Gasteiger charge is 2.42. The van der Waals surface area contributed by atoms with Crippen LogP contribution in [0, 0.1) is 0 Å². The van der Waals surface area contributed by atoms with Crippen LogP contribution < -0.4 is 10.2 Å². The molecule has 1 aromatic heterocycles. The van der Waals surface area contributed by atoms with Gasteiger partial charge in [-0.15, -0.1) is 0 Å². The van der Waals surface area contributed by atoms with Gasteiger partial charge in [-0.3, -0.25) is 9.59 Å². The van der Waals surface area contributed by atoms with Crippen LogP contribution in [-0.2, 0) is 11.0 Å². The van der Waals surface area contributed by atoms with E-state index in [1.807, 2.05) is 0 Å². The fourth-order valence-electron chi connectivity index (χ4n) is 4.22. The second kappa shape index (κ2) is 11.5. The Morgan fingerprint density at radius 2 is 1.73 bits per heavy atom. The van der Waals surface area contributed by atoms with E-state index in [4.69, 9.17) is 9.52 Å². The third kappa shape index (κ3) is 6.88. The van der Waals surface area contributed by atoms with Gasteiger partial charge in [0.25, 0.3) is 5.91 Å². The number of carbonyl (C=O) groups is 2. The summed E-state index contributed by atoms with van der Waals surface area (Å²) in [5.74, 6) is -3.54. The minimum atomic E-state index is -4.88. The smallest absolute Gasteiger partial charge is 0.452 e. The van der Waals surface area contributed by atoms with Crippen molar-refractivity contribution in [1.29, 1.82) is 0 Å². The number of oxazole rings is 1. The van der Waals surface area contributed by atoms with Crippen LogP contribution in [0.2, 0.25) is 0 Å². The fourth-order valence-corrected chi connectivity index (χ4v) is 4.22. The van der Waals surface area contributed by atoms with Crippen molar-refractivity contribution < 1.29 is 32.3 Å². The molecule has 0 bridgehead atoms. The van der Waals surface area contributed by atoms with Gasteiger partial charge in [0.1, 0.15) is 0 Å². The normalized spacial score (nSPS) is 14.8. The number of rotatable bonds is 8. The number of nitrogens with zero attached hydrogens (tertiary/aromatic N) is 3. The Morgan fingerprint density at radius 1 is 1.00 bits per heavy atom. The van der Waals surface area contributed by atoms with Gasteiger partial charge in [-0.1, -0.05) is 18.2 Å². The minimum Gasteiger partial charge on any atom is -0.481 e. The summed E-state index contributed by atoms with van der Waals surface area (Å²) in [7, 11) is 0. The Bertz CT molecular complexity index is 1210. The summed E-state index contributed by atoms with van der Waals surface area (Å²) in [6, 6.07) is 14.9. The maximum Gasteiger partial charge on any atom is 0.452 e. The number of anilines is 2. The lowest BCUT2D eigenvalue weighted by molar-refractivity contribution is -0.153. The predicted molar refractivity (Wildman–Crippen MR) is 131 cm³/mol. The summed E-state index contributed by atoms with van der Waals surface area (Å²) in [5.41, 5.74) is 0.755. The summed E-state index contributed by atoms with van der Waals surface area (Å²) in [6.07, 6.45) is -3.20. The molecule has 3 aromatic rings. The second-order valence-electron chi connectivity index (χ2n) is 8.74. The summed E-state index contributed by atoms with van der Waals surface area (Å²) in [5, 5.41) is 11.3. The number of halogens is 3. The fraction of sp³-hybridized carbons (Fsp3) is 0.346. The third-order valence-electron chi connectivity index (χ3n) is 6.06. The van der Waals surface area contributed by atoms with E-state index in [0.29, 0.717) is 17.7 Å². The van der Waals surface area contributed by atoms with Crippen molar-refractivity contribution in [2.45, 2.75) is 25.4 Å². The molecular weight excluding hydrogens is 489 g/mol. The molecule has 1 fully saturated rings. The van der Waals surface area contributed by atoms with Gasteiger partial charge in [-0.25, -0.2) is 4.98 Å². The molecule has 1 aliphatic heterocycles. The predicted octanol–water partition coefficient (Wildman–Crippen LogP) is 4.99. The van der Waals surface area contributed by atoms with E-state index in [0.717, 1.165) is 44.8 Å². The van der Waals surface area contributed by atoms with Gasteiger partial charge in [0, 0.05) is 43.0 Å². The lowest BCUT2D eigenvalue weighted by atomic mass is 10.2. The summed E-state index contributed by atoms with van der Waals surface area (Å²) in [6.45, 7) is 3.99. The number of carboxylic acid groups (broad SMARTS) is 1. The highest BCUT2D eigenvalue weighted by molar-refractivity contribution is 6.04. The van der Waals surface area contributed by atoms with Gasteiger partial charge in [0.2, 0.25) is 11.7 Å². The van der Waals surface area contributed by atoms with Crippen molar-refractivity contribution in [1.82, 2.24) is 9.88 Å². The van der Waals surface area contributed by atoms with Gasteiger partial charge in [-0.2, -0.15) is 13.2 Å². The zero-order chi connectivity index (χ0) is 26.4. The molecule has 1 amide bonds. The first-order chi connectivity index (χ1) is 17.7. The van der Waals surface area contributed by atoms with Crippen LogP contribution in [0.5, 0.6) is 0 Å². The number of aromatic nitrogens is 1. The van der Waals surface area contributed by atoms with Gasteiger partial charge in [-0.05, 0) is 62.3 Å². The Balaban J connectivity index is 1.41. The molecule has 0 spiro atoms. The molecule has 8 nitrogen and oxygen atoms in total. The zero-order valence-corrected chi connectivity index (χ0v) is 20.0. The molecule has 0 saturated carbocycles. The molecule has 1 saturated heterocycles. The number of carbonyl (C=O) groups excluding carboxylic acids is 1. The Kier molecular flexibility index (Phi) is 8.12. The standard InChI is InChI=1S/C26H27F3N4O4/c27-26(28,29)23-22(31-25(37-23)18-6-2-1-3-7-18)24(36)30-19-9-11-20(12-10-19)33-15-5-14-32(16-17-33)13-4-8-21(34)35/h1-3,6-7,9-12H,4-5,8,13-17H2,(H,30,36)(H,34,35). The SMILES string of the molecule is O=C(O)CCCN1CCCN(c2ccc(NC(=O)c3nc(-c4ccccc4)oc3C(F)(F)F)cc2)CC1. The molecule has 11 heteroatoms. The maximum absolute atomic E-state index is 13.6. The van der Waals surface area contributed by atoms with Crippen molar-refractivity contribution in [2.24, 2.45) is 0 Å². The van der Waals surface area contributed by atoms with Crippen LogP contribution in [0.1, 0.15) is 35.5 Å². The second-order valence-corrected chi connectivity index (χ2v) is 8.74. The molecule has 2 heterocycles. The maximum atomic E-state index is 13.6. The summed E-state index contributed by atoms with van der Waals surface area (Å²) < 4.78 is 45.6. The number of alkyl halides is 3. The van der Waals surface area contributed by atoms with Crippen LogP contribution in [-0.4, -0.2) is 59.6 Å². The molecule has 0 atom stereocenters. The van der Waals surface area contributed by atoms with Crippen LogP contribution in [0.25, 0.3) is 11.5 Å². The first-order valence-corrected chi connectivity index (χ1v) is 11.9. The molecule has 1 aliphatic rings. The highest BCUT2D eigenvalue weighted by atomic mass is 19.4. The molecule has 2 N–H and O–H groups in total. The average Bonchev–Trinajstić information content (AvgIpc) is 3.21. The number of amides is 1. The Morgan fingerprint density at radius 3 is 2.41 bits per heavy atom.